The third-order valence-corrected chi connectivity index (χ3v) is 7.00. The summed E-state index contributed by atoms with van der Waals surface area (Å²) >= 11 is 0. The summed E-state index contributed by atoms with van der Waals surface area (Å²) in [6, 6.07) is 18.5. The minimum atomic E-state index is -2.27. The van der Waals surface area contributed by atoms with Crippen LogP contribution in [-0.2, 0) is 16.0 Å². The molecular weight excluding hydrogens is 452 g/mol. The van der Waals surface area contributed by atoms with Crippen molar-refractivity contribution in [1.29, 1.82) is 5.26 Å². The molecule has 2 aromatic carbocycles. The Kier molecular flexibility index (Phi) is 5.16. The first kappa shape index (κ1) is 22.7. The Bertz CT molecular complexity index is 1340. The number of aliphatic carboxylic acids is 1. The van der Waals surface area contributed by atoms with Crippen molar-refractivity contribution in [2.45, 2.75) is 23.2 Å². The summed E-state index contributed by atoms with van der Waals surface area (Å²) in [6.07, 6.45) is -1.80. The molecule has 0 unspecified atom stereocenters. The molecule has 2 heterocycles. The minimum absolute atomic E-state index is 0.0299. The molecule has 0 radical (unpaired) electrons. The molecule has 0 bridgehead atoms. The number of rotatable bonds is 5. The average Bonchev–Trinajstić information content (AvgIpc) is 3.26. The van der Waals surface area contributed by atoms with E-state index in [9.17, 15) is 25.4 Å². The highest BCUT2D eigenvalue weighted by molar-refractivity contribution is 5.76. The number of pyridine rings is 1. The lowest BCUT2D eigenvalue weighted by atomic mass is 9.70. The Balaban J connectivity index is 1.89. The van der Waals surface area contributed by atoms with E-state index in [1.807, 2.05) is 6.07 Å². The molecule has 5 rings (SSSR count). The van der Waals surface area contributed by atoms with Crippen LogP contribution >= 0.6 is 0 Å². The van der Waals surface area contributed by atoms with E-state index < -0.39 is 35.1 Å². The molecule has 3 N–H and O–H groups in total. The number of methoxy groups -OCH3 is 2. The molecule has 5 atom stereocenters. The lowest BCUT2D eigenvalue weighted by molar-refractivity contribution is -0.159. The van der Waals surface area contributed by atoms with E-state index in [-0.39, 0.29) is 23.1 Å². The van der Waals surface area contributed by atoms with Crippen LogP contribution in [0.2, 0.25) is 0 Å². The van der Waals surface area contributed by atoms with Gasteiger partial charge in [0.25, 0.3) is 0 Å². The Hall–Kier alpha value is -4.13. The second-order valence-corrected chi connectivity index (χ2v) is 8.54. The van der Waals surface area contributed by atoms with Crippen molar-refractivity contribution < 1.29 is 34.3 Å². The lowest BCUT2D eigenvalue weighted by Crippen LogP contribution is -2.52. The summed E-state index contributed by atoms with van der Waals surface area (Å²) in [4.78, 5) is 16.8. The van der Waals surface area contributed by atoms with Crippen molar-refractivity contribution in [1.82, 2.24) is 4.98 Å². The summed E-state index contributed by atoms with van der Waals surface area (Å²) in [5.74, 6) is -3.54. The summed E-state index contributed by atoms with van der Waals surface area (Å²) in [5.41, 5.74) is -2.74. The van der Waals surface area contributed by atoms with Crippen molar-refractivity contribution in [2.75, 3.05) is 14.2 Å². The quantitative estimate of drug-likeness (QED) is 0.508. The van der Waals surface area contributed by atoms with Crippen LogP contribution in [0.5, 0.6) is 17.5 Å². The summed E-state index contributed by atoms with van der Waals surface area (Å²) in [6.45, 7) is 0. The highest BCUT2D eigenvalue weighted by Crippen LogP contribution is 2.69. The molecule has 2 aliphatic rings. The van der Waals surface area contributed by atoms with Crippen molar-refractivity contribution in [3.05, 3.63) is 82.9 Å². The molecule has 1 aliphatic heterocycles. The number of hydrogen-bond donors (Lipinski definition) is 3. The molecule has 1 saturated carbocycles. The molecule has 9 heteroatoms. The maximum Gasteiger partial charge on any atom is 0.310 e. The van der Waals surface area contributed by atoms with Crippen LogP contribution < -0.4 is 14.2 Å². The fourth-order valence-corrected chi connectivity index (χ4v) is 5.59. The van der Waals surface area contributed by atoms with Crippen LogP contribution in [0.1, 0.15) is 28.2 Å². The van der Waals surface area contributed by atoms with Crippen molar-refractivity contribution in [3.8, 4) is 23.6 Å². The van der Waals surface area contributed by atoms with Crippen molar-refractivity contribution in [2.24, 2.45) is 5.92 Å². The average molecular weight is 474 g/mol. The maximum absolute atomic E-state index is 12.6. The number of carboxylic acids is 1. The molecule has 0 spiro atoms. The molecule has 1 aromatic heterocycles. The van der Waals surface area contributed by atoms with Crippen LogP contribution in [-0.4, -0.2) is 46.6 Å². The number of aliphatic hydroxyl groups excluding tert-OH is 1. The lowest BCUT2D eigenvalue weighted by Gasteiger charge is -2.40. The predicted molar refractivity (Wildman–Crippen MR) is 121 cm³/mol. The van der Waals surface area contributed by atoms with Crippen LogP contribution in [0, 0.1) is 17.2 Å². The number of nitrogens with zero attached hydrogens (tertiary/aromatic N) is 2. The molecule has 0 saturated heterocycles. The van der Waals surface area contributed by atoms with Gasteiger partial charge in [0.1, 0.15) is 11.9 Å². The summed E-state index contributed by atoms with van der Waals surface area (Å²) in [7, 11) is 2.76. The third-order valence-electron chi connectivity index (χ3n) is 7.00. The zero-order chi connectivity index (χ0) is 25.0. The van der Waals surface area contributed by atoms with E-state index in [0.29, 0.717) is 16.7 Å². The van der Waals surface area contributed by atoms with E-state index in [4.69, 9.17) is 14.2 Å². The molecular formula is C26H22N2O7. The van der Waals surface area contributed by atoms with Gasteiger partial charge >= 0.3 is 5.97 Å². The number of aromatic nitrogens is 1. The van der Waals surface area contributed by atoms with Gasteiger partial charge in [0.05, 0.1) is 37.3 Å². The highest BCUT2D eigenvalue weighted by atomic mass is 16.5. The van der Waals surface area contributed by atoms with Crippen LogP contribution in [0.4, 0.5) is 0 Å². The van der Waals surface area contributed by atoms with E-state index in [0.717, 1.165) is 0 Å². The van der Waals surface area contributed by atoms with Crippen LogP contribution in [0.3, 0.4) is 0 Å². The zero-order valence-electron chi connectivity index (χ0n) is 18.9. The van der Waals surface area contributed by atoms with Gasteiger partial charge < -0.3 is 29.5 Å². The number of benzene rings is 2. The van der Waals surface area contributed by atoms with Gasteiger partial charge in [0, 0.05) is 12.0 Å². The topological polar surface area (TPSA) is 142 Å². The maximum atomic E-state index is 12.6. The SMILES string of the molecule is COc1cc2c(c(OC)n1)[C@]1(O)[C@H](O)[C@H](C(=O)O)[C@@H](c3ccccc3)[C@]1(c1ccc(C#N)cc1)O2. The fourth-order valence-electron chi connectivity index (χ4n) is 5.59. The van der Waals surface area contributed by atoms with Crippen molar-refractivity contribution >= 4 is 5.97 Å². The second-order valence-electron chi connectivity index (χ2n) is 8.54. The first-order valence-electron chi connectivity index (χ1n) is 10.8. The first-order valence-corrected chi connectivity index (χ1v) is 10.8. The summed E-state index contributed by atoms with van der Waals surface area (Å²) < 4.78 is 17.2. The molecule has 178 valence electrons. The highest BCUT2D eigenvalue weighted by Gasteiger charge is 2.78. The van der Waals surface area contributed by atoms with Gasteiger partial charge in [-0.1, -0.05) is 42.5 Å². The van der Waals surface area contributed by atoms with Gasteiger partial charge in [-0.25, -0.2) is 0 Å². The smallest absolute Gasteiger partial charge is 0.310 e. The van der Waals surface area contributed by atoms with Crippen molar-refractivity contribution in [3.63, 3.8) is 0 Å². The number of fused-ring (bicyclic) bond motifs is 3. The number of carbonyl (C=O) groups is 1. The van der Waals surface area contributed by atoms with Gasteiger partial charge in [-0.2, -0.15) is 10.2 Å². The molecule has 3 aromatic rings. The molecule has 35 heavy (non-hydrogen) atoms. The van der Waals surface area contributed by atoms with Crippen LogP contribution in [0.15, 0.2) is 60.7 Å². The van der Waals surface area contributed by atoms with Gasteiger partial charge in [-0.3, -0.25) is 4.79 Å². The molecule has 1 aliphatic carbocycles. The zero-order valence-corrected chi connectivity index (χ0v) is 18.9. The monoisotopic (exact) mass is 474 g/mol. The normalized spacial score (nSPS) is 28.4. The van der Waals surface area contributed by atoms with E-state index in [1.54, 1.807) is 54.6 Å². The fraction of sp³-hybridized carbons (Fsp3) is 0.269. The van der Waals surface area contributed by atoms with Gasteiger partial charge in [0.2, 0.25) is 11.8 Å². The molecule has 9 nitrogen and oxygen atoms in total. The van der Waals surface area contributed by atoms with E-state index in [2.05, 4.69) is 4.98 Å². The van der Waals surface area contributed by atoms with Gasteiger partial charge in [-0.15, -0.1) is 0 Å². The number of ether oxygens (including phenoxy) is 3. The molecule has 0 amide bonds. The van der Waals surface area contributed by atoms with Gasteiger partial charge in [0.15, 0.2) is 11.2 Å². The summed E-state index contributed by atoms with van der Waals surface area (Å²) in [5, 5.41) is 43.6. The number of nitriles is 1. The Morgan fingerprint density at radius 1 is 1.11 bits per heavy atom. The Morgan fingerprint density at radius 3 is 2.37 bits per heavy atom. The molecule has 1 fully saturated rings. The number of aliphatic hydroxyl groups is 2. The standard InChI is InChI=1S/C26H22N2O7/c1-33-18-12-17-21(23(28-18)34-2)25(32)22(29)19(24(30)31)20(15-6-4-3-5-7-15)26(25,35-17)16-10-8-14(13-27)9-11-16/h3-12,19-20,22,29,32H,1-2H3,(H,30,31)/t19-,20-,22-,25+,26+/m1/s1. The van der Waals surface area contributed by atoms with Gasteiger partial charge in [-0.05, 0) is 23.3 Å². The number of carboxylic acid groups (broad SMARTS) is 1. The third kappa shape index (κ3) is 2.87. The minimum Gasteiger partial charge on any atom is -0.481 e. The largest absolute Gasteiger partial charge is 0.481 e. The first-order chi connectivity index (χ1) is 16.8. The number of hydrogen-bond acceptors (Lipinski definition) is 8. The van der Waals surface area contributed by atoms with Crippen LogP contribution in [0.25, 0.3) is 0 Å². The second kappa shape index (κ2) is 7.98. The predicted octanol–water partition coefficient (Wildman–Crippen LogP) is 2.31. The Morgan fingerprint density at radius 2 is 1.80 bits per heavy atom. The van der Waals surface area contributed by atoms with E-state index >= 15 is 0 Å². The Labute approximate surface area is 200 Å². The van der Waals surface area contributed by atoms with E-state index in [1.165, 1.54) is 20.3 Å².